The molecule has 2 rings (SSSR count). The van der Waals surface area contributed by atoms with Gasteiger partial charge in [-0.3, -0.25) is 4.79 Å². The molecule has 21 heavy (non-hydrogen) atoms. The third kappa shape index (κ3) is 4.64. The molecule has 0 spiro atoms. The molecule has 116 valence electrons. The average Bonchev–Trinajstić information content (AvgIpc) is 3.03. The Labute approximate surface area is 143 Å². The number of carbonyl (C=O) groups excluding carboxylic acids is 1. The molecule has 0 radical (unpaired) electrons. The Balaban J connectivity index is 1.75. The van der Waals surface area contributed by atoms with Gasteiger partial charge in [0.25, 0.3) is 0 Å². The molecule has 2 aromatic heterocycles. The molecule has 0 N–H and O–H groups in total. The first-order valence-corrected chi connectivity index (χ1v) is 10.4. The molecular formula is C17H23BrOS2. The zero-order chi connectivity index (χ0) is 15.1. The van der Waals surface area contributed by atoms with Crippen LogP contribution in [0, 0.1) is 0 Å². The lowest BCUT2D eigenvalue weighted by Gasteiger charge is -2.01. The van der Waals surface area contributed by atoms with E-state index in [0.717, 1.165) is 22.1 Å². The van der Waals surface area contributed by atoms with E-state index in [2.05, 4.69) is 28.2 Å². The van der Waals surface area contributed by atoms with Crippen molar-refractivity contribution >= 4 is 54.3 Å². The fraction of sp³-hybridized carbons (Fsp3) is 0.588. The van der Waals surface area contributed by atoms with Gasteiger partial charge in [-0.2, -0.15) is 0 Å². The van der Waals surface area contributed by atoms with Gasteiger partial charge in [0.05, 0.1) is 18.7 Å². The average molecular weight is 387 g/mol. The lowest BCUT2D eigenvalue weighted by atomic mass is 10.1. The fourth-order valence-electron chi connectivity index (χ4n) is 2.61. The van der Waals surface area contributed by atoms with Gasteiger partial charge in [0, 0.05) is 0 Å². The number of aldehydes is 1. The number of aryl methyl sites for hydroxylation is 1. The Hall–Kier alpha value is -0.190. The Morgan fingerprint density at radius 3 is 2.38 bits per heavy atom. The molecule has 2 aromatic rings. The Morgan fingerprint density at radius 1 is 1.05 bits per heavy atom. The number of thiophene rings is 2. The number of carbonyl (C=O) groups is 1. The molecule has 0 bridgehead atoms. The zero-order valence-electron chi connectivity index (χ0n) is 12.6. The maximum Gasteiger partial charge on any atom is 0.161 e. The summed E-state index contributed by atoms with van der Waals surface area (Å²) < 4.78 is 3.55. The lowest BCUT2D eigenvalue weighted by Crippen LogP contribution is -1.84. The molecule has 0 atom stereocenters. The standard InChI is InChI=1S/C17H23BrOS2/c1-2-3-4-5-6-7-8-9-10-13-12-20-17-15(18)14(11-19)21-16(13)17/h11-12H,2-10H2,1H3. The molecule has 0 saturated heterocycles. The first kappa shape index (κ1) is 17.2. The van der Waals surface area contributed by atoms with Gasteiger partial charge in [-0.15, -0.1) is 22.7 Å². The molecule has 0 aliphatic carbocycles. The molecule has 2 heterocycles. The van der Waals surface area contributed by atoms with Crippen molar-refractivity contribution in [1.82, 2.24) is 0 Å². The predicted octanol–water partition coefficient (Wildman–Crippen LogP) is 7.22. The van der Waals surface area contributed by atoms with Crippen LogP contribution >= 0.6 is 38.6 Å². The van der Waals surface area contributed by atoms with Crippen molar-refractivity contribution in [3.8, 4) is 0 Å². The van der Waals surface area contributed by atoms with Gasteiger partial charge < -0.3 is 0 Å². The molecule has 0 aliphatic heterocycles. The molecule has 0 fully saturated rings. The third-order valence-corrected chi connectivity index (χ3v) is 7.57. The smallest absolute Gasteiger partial charge is 0.161 e. The van der Waals surface area contributed by atoms with Crippen LogP contribution in [-0.2, 0) is 6.42 Å². The minimum absolute atomic E-state index is 0.828. The molecule has 0 aromatic carbocycles. The highest BCUT2D eigenvalue weighted by Gasteiger charge is 2.14. The number of fused-ring (bicyclic) bond motifs is 1. The second-order valence-electron chi connectivity index (χ2n) is 5.54. The van der Waals surface area contributed by atoms with E-state index in [9.17, 15) is 4.79 Å². The van der Waals surface area contributed by atoms with E-state index >= 15 is 0 Å². The molecular weight excluding hydrogens is 364 g/mol. The molecule has 4 heteroatoms. The minimum atomic E-state index is 0.828. The Morgan fingerprint density at radius 2 is 1.71 bits per heavy atom. The Bertz CT molecular complexity index is 571. The van der Waals surface area contributed by atoms with Gasteiger partial charge in [0.15, 0.2) is 6.29 Å². The van der Waals surface area contributed by atoms with Crippen LogP contribution < -0.4 is 0 Å². The van der Waals surface area contributed by atoms with Gasteiger partial charge in [-0.1, -0.05) is 51.9 Å². The van der Waals surface area contributed by atoms with Crippen molar-refractivity contribution in [1.29, 1.82) is 0 Å². The quantitative estimate of drug-likeness (QED) is 0.311. The normalized spacial score (nSPS) is 11.3. The van der Waals surface area contributed by atoms with E-state index in [1.165, 1.54) is 66.3 Å². The number of hydrogen-bond acceptors (Lipinski definition) is 3. The van der Waals surface area contributed by atoms with Crippen molar-refractivity contribution < 1.29 is 4.79 Å². The highest BCUT2D eigenvalue weighted by atomic mass is 79.9. The van der Waals surface area contributed by atoms with Crippen LogP contribution in [0.15, 0.2) is 9.85 Å². The summed E-state index contributed by atoms with van der Waals surface area (Å²) in [5.41, 5.74) is 1.43. The second-order valence-corrected chi connectivity index (χ2v) is 8.27. The topological polar surface area (TPSA) is 17.1 Å². The maximum absolute atomic E-state index is 11.0. The van der Waals surface area contributed by atoms with Crippen LogP contribution in [0.25, 0.3) is 9.40 Å². The summed E-state index contributed by atoms with van der Waals surface area (Å²) in [6.45, 7) is 2.26. The van der Waals surface area contributed by atoms with Crippen molar-refractivity contribution in [3.05, 3.63) is 20.3 Å². The molecule has 0 aliphatic rings. The first-order chi connectivity index (χ1) is 10.3. The van der Waals surface area contributed by atoms with Crippen LogP contribution in [-0.4, -0.2) is 6.29 Å². The van der Waals surface area contributed by atoms with E-state index in [1.54, 1.807) is 22.7 Å². The predicted molar refractivity (Wildman–Crippen MR) is 99.1 cm³/mol. The molecule has 0 saturated carbocycles. The van der Waals surface area contributed by atoms with Gasteiger partial charge >= 0.3 is 0 Å². The Kier molecular flexibility index (Phi) is 7.41. The van der Waals surface area contributed by atoms with Gasteiger partial charge in [0.2, 0.25) is 0 Å². The second kappa shape index (κ2) is 9.06. The maximum atomic E-state index is 11.0. The molecule has 1 nitrogen and oxygen atoms in total. The van der Waals surface area contributed by atoms with Crippen LogP contribution in [0.2, 0.25) is 0 Å². The monoisotopic (exact) mass is 386 g/mol. The minimum Gasteiger partial charge on any atom is -0.297 e. The van der Waals surface area contributed by atoms with Gasteiger partial charge in [0.1, 0.15) is 0 Å². The third-order valence-electron chi connectivity index (χ3n) is 3.85. The van der Waals surface area contributed by atoms with Crippen LogP contribution in [0.3, 0.4) is 0 Å². The summed E-state index contributed by atoms with van der Waals surface area (Å²) >= 11 is 6.93. The number of halogens is 1. The summed E-state index contributed by atoms with van der Waals surface area (Å²) in [7, 11) is 0. The van der Waals surface area contributed by atoms with Crippen LogP contribution in [0.4, 0.5) is 0 Å². The number of hydrogen-bond donors (Lipinski definition) is 0. The van der Waals surface area contributed by atoms with Crippen molar-refractivity contribution in [3.63, 3.8) is 0 Å². The summed E-state index contributed by atoms with van der Waals surface area (Å²) in [6, 6.07) is 0. The van der Waals surface area contributed by atoms with Crippen molar-refractivity contribution in [2.75, 3.05) is 0 Å². The van der Waals surface area contributed by atoms with E-state index < -0.39 is 0 Å². The van der Waals surface area contributed by atoms with E-state index in [0.29, 0.717) is 0 Å². The van der Waals surface area contributed by atoms with Gasteiger partial charge in [-0.25, -0.2) is 0 Å². The van der Waals surface area contributed by atoms with E-state index in [1.807, 2.05) is 0 Å². The lowest BCUT2D eigenvalue weighted by molar-refractivity contribution is 0.112. The highest BCUT2D eigenvalue weighted by molar-refractivity contribution is 9.10. The van der Waals surface area contributed by atoms with E-state index in [4.69, 9.17) is 0 Å². The zero-order valence-corrected chi connectivity index (χ0v) is 15.8. The van der Waals surface area contributed by atoms with Crippen LogP contribution in [0.1, 0.15) is 73.5 Å². The van der Waals surface area contributed by atoms with E-state index in [-0.39, 0.29) is 0 Å². The highest BCUT2D eigenvalue weighted by Crippen LogP contribution is 2.41. The van der Waals surface area contributed by atoms with Gasteiger partial charge in [-0.05, 0) is 39.7 Å². The number of rotatable bonds is 10. The molecule has 0 unspecified atom stereocenters. The van der Waals surface area contributed by atoms with Crippen molar-refractivity contribution in [2.45, 2.75) is 64.7 Å². The summed E-state index contributed by atoms with van der Waals surface area (Å²) in [4.78, 5) is 11.8. The fourth-order valence-corrected chi connectivity index (χ4v) is 5.86. The van der Waals surface area contributed by atoms with Crippen LogP contribution in [0.5, 0.6) is 0 Å². The largest absolute Gasteiger partial charge is 0.297 e. The number of unbranched alkanes of at least 4 members (excludes halogenated alkanes) is 7. The van der Waals surface area contributed by atoms with Crippen molar-refractivity contribution in [2.24, 2.45) is 0 Å². The summed E-state index contributed by atoms with van der Waals surface area (Å²) in [5.74, 6) is 0. The SMILES string of the molecule is CCCCCCCCCCc1csc2c(Br)c(C=O)sc12. The summed E-state index contributed by atoms with van der Waals surface area (Å²) in [5, 5.41) is 2.27. The first-order valence-electron chi connectivity index (χ1n) is 7.91. The molecule has 0 amide bonds. The summed E-state index contributed by atoms with van der Waals surface area (Å²) in [6.07, 6.45) is 13.0.